The van der Waals surface area contributed by atoms with Gasteiger partial charge in [-0.2, -0.15) is 0 Å². The van der Waals surface area contributed by atoms with Crippen LogP contribution in [0.25, 0.3) is 0 Å². The minimum Gasteiger partial charge on any atom is -0.329 e. The Labute approximate surface area is 193 Å². The molecule has 0 saturated carbocycles. The van der Waals surface area contributed by atoms with Crippen molar-refractivity contribution in [2.75, 3.05) is 11.5 Å². The van der Waals surface area contributed by atoms with Crippen LogP contribution in [0.15, 0.2) is 35.6 Å². The molecular formula is C22H28ClN3O3S2. The van der Waals surface area contributed by atoms with Crippen molar-refractivity contribution < 1.29 is 13.2 Å². The van der Waals surface area contributed by atoms with Gasteiger partial charge < -0.3 is 4.90 Å². The molecule has 0 N–H and O–H groups in total. The van der Waals surface area contributed by atoms with Crippen LogP contribution in [0.2, 0.25) is 5.02 Å². The van der Waals surface area contributed by atoms with Gasteiger partial charge in [0.2, 0.25) is 0 Å². The lowest BCUT2D eigenvalue weighted by Crippen LogP contribution is -2.41. The molecule has 1 fully saturated rings. The molecule has 1 amide bonds. The van der Waals surface area contributed by atoms with Gasteiger partial charge in [-0.3, -0.25) is 4.79 Å². The first-order valence-electron chi connectivity index (χ1n) is 10.3. The Morgan fingerprint density at radius 3 is 2.45 bits per heavy atom. The maximum Gasteiger partial charge on any atom is 0.274 e. The SMILES string of the molecule is CC(C)Sc1ncc(Cl)c(C(=O)N(Cc2ccc(C(C)C)cc2)C2CCS(=O)(=O)C2)n1. The number of carbonyl (C=O) groups excluding carboxylic acids is 1. The summed E-state index contributed by atoms with van der Waals surface area (Å²) in [6.45, 7) is 8.57. The van der Waals surface area contributed by atoms with Crippen LogP contribution in [0.4, 0.5) is 0 Å². The minimum absolute atomic E-state index is 0.0425. The first kappa shape index (κ1) is 24.0. The van der Waals surface area contributed by atoms with Gasteiger partial charge in [0.1, 0.15) is 0 Å². The zero-order valence-corrected chi connectivity index (χ0v) is 20.6. The van der Waals surface area contributed by atoms with E-state index in [1.54, 1.807) is 4.90 Å². The van der Waals surface area contributed by atoms with E-state index in [0.29, 0.717) is 24.0 Å². The van der Waals surface area contributed by atoms with Crippen molar-refractivity contribution in [1.82, 2.24) is 14.9 Å². The van der Waals surface area contributed by atoms with E-state index in [1.165, 1.54) is 23.5 Å². The molecule has 1 aliphatic rings. The molecule has 1 aromatic carbocycles. The lowest BCUT2D eigenvalue weighted by atomic mass is 10.0. The topological polar surface area (TPSA) is 80.2 Å². The van der Waals surface area contributed by atoms with Crippen molar-refractivity contribution in [3.63, 3.8) is 0 Å². The van der Waals surface area contributed by atoms with Crippen molar-refractivity contribution in [3.05, 3.63) is 52.3 Å². The number of hydrogen-bond acceptors (Lipinski definition) is 6. The van der Waals surface area contributed by atoms with Crippen molar-refractivity contribution in [2.24, 2.45) is 0 Å². The van der Waals surface area contributed by atoms with Crippen LogP contribution >= 0.6 is 23.4 Å². The molecule has 2 heterocycles. The third-order valence-electron chi connectivity index (χ3n) is 5.18. The van der Waals surface area contributed by atoms with E-state index in [-0.39, 0.29) is 33.4 Å². The first-order valence-corrected chi connectivity index (χ1v) is 13.4. The molecule has 0 radical (unpaired) electrons. The molecule has 0 aliphatic carbocycles. The summed E-state index contributed by atoms with van der Waals surface area (Å²) in [5.74, 6) is 0.0789. The second-order valence-corrected chi connectivity index (χ2v) is 12.6. The number of hydrogen-bond donors (Lipinski definition) is 0. The van der Waals surface area contributed by atoms with Gasteiger partial charge in [0.15, 0.2) is 20.7 Å². The fraction of sp³-hybridized carbons (Fsp3) is 0.500. The van der Waals surface area contributed by atoms with Crippen LogP contribution in [-0.4, -0.2) is 52.0 Å². The molecule has 2 aromatic rings. The molecule has 0 bridgehead atoms. The van der Waals surface area contributed by atoms with Crippen LogP contribution in [0.1, 0.15) is 61.6 Å². The molecule has 6 nitrogen and oxygen atoms in total. The van der Waals surface area contributed by atoms with Crippen LogP contribution in [0, 0.1) is 0 Å². The molecule has 0 spiro atoms. The summed E-state index contributed by atoms with van der Waals surface area (Å²) in [5, 5.41) is 0.891. The number of amides is 1. The van der Waals surface area contributed by atoms with Gasteiger partial charge in [-0.05, 0) is 23.5 Å². The molecule has 168 valence electrons. The van der Waals surface area contributed by atoms with Crippen molar-refractivity contribution in [1.29, 1.82) is 0 Å². The van der Waals surface area contributed by atoms with E-state index in [0.717, 1.165) is 5.56 Å². The Morgan fingerprint density at radius 1 is 1.23 bits per heavy atom. The molecule has 1 atom stereocenters. The Kier molecular flexibility index (Phi) is 7.65. The molecule has 1 unspecified atom stereocenters. The van der Waals surface area contributed by atoms with Crippen LogP contribution in [-0.2, 0) is 16.4 Å². The zero-order valence-electron chi connectivity index (χ0n) is 18.2. The Balaban J connectivity index is 1.93. The van der Waals surface area contributed by atoms with Crippen molar-refractivity contribution in [3.8, 4) is 0 Å². The highest BCUT2D eigenvalue weighted by molar-refractivity contribution is 7.99. The summed E-state index contributed by atoms with van der Waals surface area (Å²) in [5.41, 5.74) is 2.26. The predicted octanol–water partition coefficient (Wildman–Crippen LogP) is 4.58. The number of benzene rings is 1. The Bertz CT molecular complexity index is 1040. The third kappa shape index (κ3) is 6.20. The van der Waals surface area contributed by atoms with E-state index >= 15 is 0 Å². The summed E-state index contributed by atoms with van der Waals surface area (Å²) >= 11 is 7.74. The number of sulfone groups is 1. The summed E-state index contributed by atoms with van der Waals surface area (Å²) < 4.78 is 24.3. The summed E-state index contributed by atoms with van der Waals surface area (Å²) in [7, 11) is -3.16. The van der Waals surface area contributed by atoms with Gasteiger partial charge in [-0.15, -0.1) is 0 Å². The van der Waals surface area contributed by atoms with E-state index in [1.807, 2.05) is 38.1 Å². The average Bonchev–Trinajstić information content (AvgIpc) is 3.06. The van der Waals surface area contributed by atoms with E-state index in [2.05, 4.69) is 23.8 Å². The molecule has 31 heavy (non-hydrogen) atoms. The lowest BCUT2D eigenvalue weighted by molar-refractivity contribution is 0.0674. The molecule has 1 saturated heterocycles. The predicted molar refractivity (Wildman–Crippen MR) is 125 cm³/mol. The van der Waals surface area contributed by atoms with Crippen LogP contribution in [0.5, 0.6) is 0 Å². The maximum atomic E-state index is 13.5. The lowest BCUT2D eigenvalue weighted by Gasteiger charge is -2.28. The van der Waals surface area contributed by atoms with Crippen LogP contribution < -0.4 is 0 Å². The third-order valence-corrected chi connectivity index (χ3v) is 8.08. The average molecular weight is 482 g/mol. The standard InChI is InChI=1S/C22H28ClN3O3S2/c1-14(2)17-7-5-16(6-8-17)12-26(18-9-10-31(28,29)13-18)21(27)20-19(23)11-24-22(25-20)30-15(3)4/h5-8,11,14-15,18H,9-10,12-13H2,1-4H3. The number of rotatable bonds is 7. The van der Waals surface area contributed by atoms with Crippen LogP contribution in [0.3, 0.4) is 0 Å². The summed E-state index contributed by atoms with van der Waals surface area (Å²) in [4.78, 5) is 23.7. The second-order valence-electron chi connectivity index (χ2n) is 8.40. The van der Waals surface area contributed by atoms with Gasteiger partial charge in [-0.25, -0.2) is 18.4 Å². The highest BCUT2D eigenvalue weighted by atomic mass is 35.5. The normalized spacial score (nSPS) is 18.0. The fourth-order valence-corrected chi connectivity index (χ4v) is 6.08. The Morgan fingerprint density at radius 2 is 1.90 bits per heavy atom. The molecular weight excluding hydrogens is 454 g/mol. The number of carbonyl (C=O) groups is 1. The van der Waals surface area contributed by atoms with E-state index in [4.69, 9.17) is 11.6 Å². The van der Waals surface area contributed by atoms with Gasteiger partial charge >= 0.3 is 0 Å². The number of nitrogens with zero attached hydrogens (tertiary/aromatic N) is 3. The smallest absolute Gasteiger partial charge is 0.274 e. The van der Waals surface area contributed by atoms with Gasteiger partial charge in [0.25, 0.3) is 5.91 Å². The molecule has 9 heteroatoms. The van der Waals surface area contributed by atoms with Gasteiger partial charge in [0.05, 0.1) is 22.7 Å². The highest BCUT2D eigenvalue weighted by Gasteiger charge is 2.36. The van der Waals surface area contributed by atoms with E-state index in [9.17, 15) is 13.2 Å². The summed E-state index contributed by atoms with van der Waals surface area (Å²) in [6.07, 6.45) is 1.85. The maximum absolute atomic E-state index is 13.5. The van der Waals surface area contributed by atoms with Crippen molar-refractivity contribution in [2.45, 2.75) is 63.0 Å². The fourth-order valence-electron chi connectivity index (χ4n) is 3.50. The number of thioether (sulfide) groups is 1. The van der Waals surface area contributed by atoms with Crippen molar-refractivity contribution >= 4 is 39.1 Å². The number of aromatic nitrogens is 2. The summed E-state index contributed by atoms with van der Waals surface area (Å²) in [6, 6.07) is 7.66. The van der Waals surface area contributed by atoms with Gasteiger partial charge in [-0.1, -0.05) is 75.3 Å². The molecule has 1 aromatic heterocycles. The molecule has 3 rings (SSSR count). The quantitative estimate of drug-likeness (QED) is 0.425. The molecule has 1 aliphatic heterocycles. The monoisotopic (exact) mass is 481 g/mol. The Hall–Kier alpha value is -1.64. The zero-order chi connectivity index (χ0) is 22.8. The second kappa shape index (κ2) is 9.88. The largest absolute Gasteiger partial charge is 0.329 e. The minimum atomic E-state index is -3.16. The number of halogens is 1. The van der Waals surface area contributed by atoms with Gasteiger partial charge in [0, 0.05) is 17.8 Å². The first-order chi connectivity index (χ1) is 14.6. The highest BCUT2D eigenvalue weighted by Crippen LogP contribution is 2.27. The van der Waals surface area contributed by atoms with E-state index < -0.39 is 15.9 Å².